The molecular weight excluding hydrogens is 290 g/mol. The molecule has 0 bridgehead atoms. The number of aryl methyl sites for hydroxylation is 1. The third kappa shape index (κ3) is 3.31. The lowest BCUT2D eigenvalue weighted by atomic mass is 10.0. The van der Waals surface area contributed by atoms with Crippen molar-refractivity contribution in [3.8, 4) is 5.75 Å². The van der Waals surface area contributed by atoms with Crippen molar-refractivity contribution in [3.63, 3.8) is 0 Å². The van der Waals surface area contributed by atoms with E-state index in [1.54, 1.807) is 25.1 Å². The van der Waals surface area contributed by atoms with E-state index < -0.39 is 0 Å². The second-order valence-electron chi connectivity index (χ2n) is 5.06. The maximum absolute atomic E-state index is 12.5. The molecule has 2 atom stereocenters. The Morgan fingerprint density at radius 1 is 1.40 bits per heavy atom. The Labute approximate surface area is 129 Å². The van der Waals surface area contributed by atoms with Gasteiger partial charge in [-0.1, -0.05) is 6.92 Å². The fourth-order valence-corrected chi connectivity index (χ4v) is 5.24. The molecule has 0 amide bonds. The Bertz CT molecular complexity index is 505. The minimum Gasteiger partial charge on any atom is -0.496 e. The van der Waals surface area contributed by atoms with Crippen LogP contribution >= 0.6 is 23.5 Å². The Morgan fingerprint density at radius 3 is 2.75 bits per heavy atom. The van der Waals surface area contributed by atoms with Crippen LogP contribution in [-0.4, -0.2) is 39.9 Å². The number of hydrogen-bond donors (Lipinski definition) is 0. The Hall–Kier alpha value is -0.680. The SMILES string of the molecule is COc1c(C)cnc(CC(=O)C2SCCSC2C)c1C. The van der Waals surface area contributed by atoms with Gasteiger partial charge in [-0.2, -0.15) is 11.8 Å². The molecule has 110 valence electrons. The molecule has 3 nitrogen and oxygen atoms in total. The van der Waals surface area contributed by atoms with Gasteiger partial charge in [-0.3, -0.25) is 9.78 Å². The molecule has 0 aliphatic carbocycles. The lowest BCUT2D eigenvalue weighted by Gasteiger charge is -2.26. The number of thioether (sulfide) groups is 2. The van der Waals surface area contributed by atoms with Crippen LogP contribution in [0, 0.1) is 13.8 Å². The monoisotopic (exact) mass is 311 g/mol. The van der Waals surface area contributed by atoms with Gasteiger partial charge >= 0.3 is 0 Å². The summed E-state index contributed by atoms with van der Waals surface area (Å²) in [5.41, 5.74) is 2.85. The van der Waals surface area contributed by atoms with E-state index in [4.69, 9.17) is 4.74 Å². The topological polar surface area (TPSA) is 39.2 Å². The number of carbonyl (C=O) groups excluding carboxylic acids is 1. The second-order valence-corrected chi connectivity index (χ2v) is 7.79. The first-order valence-electron chi connectivity index (χ1n) is 6.79. The largest absolute Gasteiger partial charge is 0.496 e. The van der Waals surface area contributed by atoms with E-state index in [2.05, 4.69) is 11.9 Å². The minimum atomic E-state index is 0.0993. The summed E-state index contributed by atoms with van der Waals surface area (Å²) in [6, 6.07) is 0. The molecule has 1 fully saturated rings. The lowest BCUT2D eigenvalue weighted by Crippen LogP contribution is -2.32. The first kappa shape index (κ1) is 15.7. The number of carbonyl (C=O) groups is 1. The quantitative estimate of drug-likeness (QED) is 0.854. The number of Topliss-reactive ketones (excluding diaryl/α,β-unsaturated/α-hetero) is 1. The summed E-state index contributed by atoms with van der Waals surface area (Å²) >= 11 is 3.68. The third-order valence-electron chi connectivity index (χ3n) is 3.60. The first-order valence-corrected chi connectivity index (χ1v) is 8.89. The second kappa shape index (κ2) is 6.85. The molecule has 1 aromatic rings. The average molecular weight is 311 g/mol. The zero-order valence-corrected chi connectivity index (χ0v) is 14.1. The number of aromatic nitrogens is 1. The van der Waals surface area contributed by atoms with Gasteiger partial charge in [0.2, 0.25) is 0 Å². The van der Waals surface area contributed by atoms with Gasteiger partial charge in [0.1, 0.15) is 5.75 Å². The fraction of sp³-hybridized carbons (Fsp3) is 0.600. The van der Waals surface area contributed by atoms with Gasteiger partial charge < -0.3 is 4.74 Å². The van der Waals surface area contributed by atoms with Crippen LogP contribution in [0.3, 0.4) is 0 Å². The highest BCUT2D eigenvalue weighted by molar-refractivity contribution is 8.07. The van der Waals surface area contributed by atoms with E-state index in [-0.39, 0.29) is 11.0 Å². The van der Waals surface area contributed by atoms with Gasteiger partial charge in [0, 0.05) is 34.1 Å². The lowest BCUT2D eigenvalue weighted by molar-refractivity contribution is -0.117. The van der Waals surface area contributed by atoms with E-state index in [1.807, 2.05) is 25.6 Å². The van der Waals surface area contributed by atoms with Crippen LogP contribution in [0.5, 0.6) is 5.75 Å². The Morgan fingerprint density at radius 2 is 2.10 bits per heavy atom. The summed E-state index contributed by atoms with van der Waals surface area (Å²) in [4.78, 5) is 16.9. The van der Waals surface area contributed by atoms with Crippen LogP contribution < -0.4 is 4.74 Å². The molecule has 20 heavy (non-hydrogen) atoms. The molecule has 5 heteroatoms. The highest BCUT2D eigenvalue weighted by atomic mass is 32.2. The molecular formula is C15H21NO2S2. The zero-order valence-electron chi connectivity index (χ0n) is 12.4. The van der Waals surface area contributed by atoms with Crippen molar-refractivity contribution in [1.82, 2.24) is 4.98 Å². The predicted molar refractivity (Wildman–Crippen MR) is 87.1 cm³/mol. The summed E-state index contributed by atoms with van der Waals surface area (Å²) in [5, 5.41) is 0.496. The molecule has 1 aliphatic heterocycles. The highest BCUT2D eigenvalue weighted by Gasteiger charge is 2.29. The molecule has 0 N–H and O–H groups in total. The Balaban J connectivity index is 2.15. The van der Waals surface area contributed by atoms with E-state index in [0.29, 0.717) is 11.7 Å². The van der Waals surface area contributed by atoms with E-state index >= 15 is 0 Å². The molecule has 1 saturated heterocycles. The number of pyridine rings is 1. The minimum absolute atomic E-state index is 0.0993. The summed E-state index contributed by atoms with van der Waals surface area (Å²) < 4.78 is 5.40. The Kier molecular flexibility index (Phi) is 5.38. The molecule has 0 aromatic carbocycles. The first-order chi connectivity index (χ1) is 9.54. The molecule has 0 spiro atoms. The molecule has 2 unspecified atom stereocenters. The number of rotatable bonds is 4. The normalized spacial score (nSPS) is 22.6. The third-order valence-corrected chi connectivity index (χ3v) is 6.74. The van der Waals surface area contributed by atoms with Gasteiger partial charge in [-0.05, 0) is 13.8 Å². The van der Waals surface area contributed by atoms with Crippen molar-refractivity contribution in [1.29, 1.82) is 0 Å². The summed E-state index contributed by atoms with van der Waals surface area (Å²) in [6.45, 7) is 6.10. The van der Waals surface area contributed by atoms with Crippen molar-refractivity contribution in [2.45, 2.75) is 37.7 Å². The van der Waals surface area contributed by atoms with Gasteiger partial charge in [-0.15, -0.1) is 11.8 Å². The van der Waals surface area contributed by atoms with Gasteiger partial charge in [0.15, 0.2) is 5.78 Å². The molecule has 0 radical (unpaired) electrons. The van der Waals surface area contributed by atoms with Crippen LogP contribution in [0.4, 0.5) is 0 Å². The van der Waals surface area contributed by atoms with E-state index in [1.165, 1.54) is 0 Å². The van der Waals surface area contributed by atoms with Crippen LogP contribution in [0.1, 0.15) is 23.7 Å². The smallest absolute Gasteiger partial charge is 0.152 e. The number of ketones is 1. The number of nitrogens with zero attached hydrogens (tertiary/aromatic N) is 1. The number of methoxy groups -OCH3 is 1. The summed E-state index contributed by atoms with van der Waals surface area (Å²) in [7, 11) is 1.66. The molecule has 1 aliphatic rings. The van der Waals surface area contributed by atoms with Crippen LogP contribution in [0.2, 0.25) is 0 Å². The molecule has 2 heterocycles. The maximum atomic E-state index is 12.5. The molecule has 1 aromatic heterocycles. The molecule has 0 saturated carbocycles. The van der Waals surface area contributed by atoms with E-state index in [0.717, 1.165) is 34.1 Å². The predicted octanol–water partition coefficient (Wildman–Crippen LogP) is 3.06. The highest BCUT2D eigenvalue weighted by Crippen LogP contribution is 2.33. The van der Waals surface area contributed by atoms with Gasteiger partial charge in [0.25, 0.3) is 0 Å². The standard InChI is InChI=1S/C15H21NO2S2/c1-9-8-16-12(10(2)14(9)18-4)7-13(17)15-11(3)19-5-6-20-15/h8,11,15H,5-7H2,1-4H3. The van der Waals surface area contributed by atoms with Crippen molar-refractivity contribution in [2.24, 2.45) is 0 Å². The van der Waals surface area contributed by atoms with Crippen molar-refractivity contribution in [3.05, 3.63) is 23.0 Å². The van der Waals surface area contributed by atoms with Crippen LogP contribution in [0.15, 0.2) is 6.20 Å². The zero-order chi connectivity index (χ0) is 14.7. The maximum Gasteiger partial charge on any atom is 0.152 e. The summed E-state index contributed by atoms with van der Waals surface area (Å²) in [6.07, 6.45) is 2.20. The average Bonchev–Trinajstić information content (AvgIpc) is 2.43. The molecule has 2 rings (SSSR count). The number of ether oxygens (including phenoxy) is 1. The van der Waals surface area contributed by atoms with Gasteiger partial charge in [-0.25, -0.2) is 0 Å². The van der Waals surface area contributed by atoms with Crippen LogP contribution in [0.25, 0.3) is 0 Å². The van der Waals surface area contributed by atoms with Crippen molar-refractivity contribution < 1.29 is 9.53 Å². The van der Waals surface area contributed by atoms with Crippen molar-refractivity contribution in [2.75, 3.05) is 18.6 Å². The number of hydrogen-bond acceptors (Lipinski definition) is 5. The van der Waals surface area contributed by atoms with E-state index in [9.17, 15) is 4.79 Å². The van der Waals surface area contributed by atoms with Crippen molar-refractivity contribution >= 4 is 29.3 Å². The summed E-state index contributed by atoms with van der Waals surface area (Å²) in [5.74, 6) is 3.35. The van der Waals surface area contributed by atoms with Crippen LogP contribution in [-0.2, 0) is 11.2 Å². The van der Waals surface area contributed by atoms with Gasteiger partial charge in [0.05, 0.1) is 24.5 Å². The fourth-order valence-electron chi connectivity index (χ4n) is 2.50.